The topological polar surface area (TPSA) is 29.4 Å². The fourth-order valence-corrected chi connectivity index (χ4v) is 1.96. The number of rotatable bonds is 7. The van der Waals surface area contributed by atoms with E-state index >= 15 is 0 Å². The van der Waals surface area contributed by atoms with E-state index < -0.39 is 0 Å². The van der Waals surface area contributed by atoms with Gasteiger partial charge in [-0.2, -0.15) is 4.99 Å². The molecule has 0 rings (SSSR count). The van der Waals surface area contributed by atoms with E-state index in [0.717, 1.165) is 19.3 Å². The molecule has 0 N–H and O–H groups in total. The first-order valence-corrected chi connectivity index (χ1v) is 6.09. The van der Waals surface area contributed by atoms with E-state index in [4.69, 9.17) is 0 Å². The normalized spacial score (nSPS) is 15.1. The summed E-state index contributed by atoms with van der Waals surface area (Å²) in [4.78, 5) is 14.3. The third kappa shape index (κ3) is 4.76. The van der Waals surface area contributed by atoms with Crippen molar-refractivity contribution in [2.45, 2.75) is 59.4 Å². The van der Waals surface area contributed by atoms with Crippen LogP contribution in [-0.2, 0) is 4.79 Å². The Morgan fingerprint density at radius 1 is 1.44 bits per heavy atom. The molecule has 0 aliphatic carbocycles. The fraction of sp³-hybridized carbons (Fsp3) is 0.786. The van der Waals surface area contributed by atoms with E-state index in [1.807, 2.05) is 13.8 Å². The summed E-state index contributed by atoms with van der Waals surface area (Å²) in [7, 11) is 0. The maximum absolute atomic E-state index is 10.4. The highest BCUT2D eigenvalue weighted by Gasteiger charge is 2.27. The molecule has 0 spiro atoms. The Hall–Kier alpha value is -0.880. The van der Waals surface area contributed by atoms with Gasteiger partial charge in [-0.05, 0) is 45.4 Å². The molecule has 0 aromatic heterocycles. The molecule has 0 saturated heterocycles. The Kier molecular flexibility index (Phi) is 6.28. The summed E-state index contributed by atoms with van der Waals surface area (Å²) >= 11 is 0. The molecule has 2 atom stereocenters. The molecule has 0 radical (unpaired) electrons. The maximum atomic E-state index is 10.4. The second-order valence-electron chi connectivity index (χ2n) is 5.29. The van der Waals surface area contributed by atoms with Gasteiger partial charge in [0, 0.05) is 0 Å². The first-order valence-electron chi connectivity index (χ1n) is 6.09. The summed E-state index contributed by atoms with van der Waals surface area (Å²) in [5.74, 6) is 0.987. The molecule has 0 amide bonds. The van der Waals surface area contributed by atoms with Crippen LogP contribution in [-0.4, -0.2) is 11.6 Å². The molecule has 0 heterocycles. The van der Waals surface area contributed by atoms with Crippen molar-refractivity contribution in [3.63, 3.8) is 0 Å². The molecular formula is C14H25NO. The van der Waals surface area contributed by atoms with Gasteiger partial charge in [0.1, 0.15) is 0 Å². The summed E-state index contributed by atoms with van der Waals surface area (Å²) in [6.45, 7) is 14.4. The molecule has 0 aliphatic rings. The number of allylic oxidation sites excluding steroid dienone is 1. The van der Waals surface area contributed by atoms with Crippen LogP contribution in [0.4, 0.5) is 0 Å². The molecule has 2 unspecified atom stereocenters. The van der Waals surface area contributed by atoms with Crippen LogP contribution in [0.5, 0.6) is 0 Å². The van der Waals surface area contributed by atoms with Crippen LogP contribution in [0.3, 0.4) is 0 Å². The highest BCUT2D eigenvalue weighted by Crippen LogP contribution is 2.30. The van der Waals surface area contributed by atoms with Gasteiger partial charge < -0.3 is 0 Å². The Bertz CT molecular complexity index is 274. The van der Waals surface area contributed by atoms with Gasteiger partial charge in [0.25, 0.3) is 0 Å². The van der Waals surface area contributed by atoms with Gasteiger partial charge >= 0.3 is 0 Å². The number of isocyanates is 1. The molecule has 2 nitrogen and oxygen atoms in total. The van der Waals surface area contributed by atoms with E-state index in [9.17, 15) is 4.79 Å². The summed E-state index contributed by atoms with van der Waals surface area (Å²) < 4.78 is 0. The summed E-state index contributed by atoms with van der Waals surface area (Å²) in [5, 5.41) is 0. The van der Waals surface area contributed by atoms with Crippen LogP contribution < -0.4 is 0 Å². The lowest BCUT2D eigenvalue weighted by molar-refractivity contribution is 0.279. The Morgan fingerprint density at radius 2 is 2.00 bits per heavy atom. The van der Waals surface area contributed by atoms with Crippen LogP contribution in [0.2, 0.25) is 0 Å². The Morgan fingerprint density at radius 3 is 2.38 bits per heavy atom. The largest absolute Gasteiger partial charge is 0.235 e. The molecular weight excluding hydrogens is 198 g/mol. The second-order valence-corrected chi connectivity index (χ2v) is 5.29. The predicted molar refractivity (Wildman–Crippen MR) is 69.2 cm³/mol. The highest BCUT2D eigenvalue weighted by atomic mass is 16.1. The van der Waals surface area contributed by atoms with Crippen LogP contribution in [0.15, 0.2) is 17.1 Å². The Balaban J connectivity index is 4.41. The predicted octanol–water partition coefficient (Wildman–Crippen LogP) is 4.12. The lowest BCUT2D eigenvalue weighted by atomic mass is 9.80. The minimum atomic E-state index is -0.286. The van der Waals surface area contributed by atoms with Gasteiger partial charge in [0.05, 0.1) is 5.54 Å². The van der Waals surface area contributed by atoms with E-state index in [0.29, 0.717) is 11.8 Å². The third-order valence-electron chi connectivity index (χ3n) is 3.62. The van der Waals surface area contributed by atoms with E-state index in [1.54, 1.807) is 6.08 Å². The fourth-order valence-electron chi connectivity index (χ4n) is 1.96. The Labute approximate surface area is 99.9 Å². The summed E-state index contributed by atoms with van der Waals surface area (Å²) in [6.07, 6.45) is 4.94. The van der Waals surface area contributed by atoms with Gasteiger partial charge in [0.15, 0.2) is 0 Å². The van der Waals surface area contributed by atoms with Crippen molar-refractivity contribution in [3.05, 3.63) is 12.2 Å². The zero-order chi connectivity index (χ0) is 12.8. The molecule has 0 saturated carbocycles. The molecule has 92 valence electrons. The van der Waals surface area contributed by atoms with Gasteiger partial charge in [-0.3, -0.25) is 0 Å². The van der Waals surface area contributed by atoms with Gasteiger partial charge in [0.2, 0.25) is 6.08 Å². The number of hydrogen-bond donors (Lipinski definition) is 0. The molecule has 0 aliphatic heterocycles. The molecule has 0 fully saturated rings. The van der Waals surface area contributed by atoms with Crippen LogP contribution in [0.25, 0.3) is 0 Å². The molecule has 0 aromatic rings. The third-order valence-corrected chi connectivity index (χ3v) is 3.62. The van der Waals surface area contributed by atoms with Crippen LogP contribution in [0.1, 0.15) is 53.9 Å². The number of aliphatic imine (C=N–C) groups is 1. The molecule has 16 heavy (non-hydrogen) atoms. The lowest BCUT2D eigenvalue weighted by Gasteiger charge is -2.29. The number of nitrogens with zero attached hydrogens (tertiary/aromatic N) is 1. The van der Waals surface area contributed by atoms with Gasteiger partial charge in [-0.1, -0.05) is 32.4 Å². The van der Waals surface area contributed by atoms with Crippen molar-refractivity contribution in [3.8, 4) is 0 Å². The van der Waals surface area contributed by atoms with Crippen molar-refractivity contribution in [1.29, 1.82) is 0 Å². The summed E-state index contributed by atoms with van der Waals surface area (Å²) in [6, 6.07) is 0. The SMILES string of the molecule is C=C(C)C(C)CCC(CC)C(C)(C)N=C=O. The number of hydrogen-bond acceptors (Lipinski definition) is 2. The van der Waals surface area contributed by atoms with Crippen molar-refractivity contribution < 1.29 is 4.79 Å². The average molecular weight is 223 g/mol. The van der Waals surface area contributed by atoms with Gasteiger partial charge in [-0.15, -0.1) is 0 Å². The molecule has 0 aromatic carbocycles. The second kappa shape index (κ2) is 6.65. The van der Waals surface area contributed by atoms with Crippen LogP contribution in [0, 0.1) is 11.8 Å². The summed E-state index contributed by atoms with van der Waals surface area (Å²) in [5.41, 5.74) is 0.942. The van der Waals surface area contributed by atoms with Crippen molar-refractivity contribution in [2.24, 2.45) is 16.8 Å². The minimum Gasteiger partial charge on any atom is -0.211 e. The standard InChI is InChI=1S/C14H25NO/c1-7-13(14(5,6)15-10-16)9-8-12(4)11(2)3/h12-13H,2,7-9H2,1,3-6H3. The van der Waals surface area contributed by atoms with E-state index in [1.165, 1.54) is 5.57 Å². The van der Waals surface area contributed by atoms with Crippen molar-refractivity contribution >= 4 is 6.08 Å². The van der Waals surface area contributed by atoms with Crippen molar-refractivity contribution in [1.82, 2.24) is 0 Å². The monoisotopic (exact) mass is 223 g/mol. The average Bonchev–Trinajstić information content (AvgIpc) is 2.17. The minimum absolute atomic E-state index is 0.286. The quantitative estimate of drug-likeness (QED) is 0.362. The number of carbonyl (C=O) groups excluding carboxylic acids is 1. The smallest absolute Gasteiger partial charge is 0.211 e. The maximum Gasteiger partial charge on any atom is 0.235 e. The molecule has 2 heteroatoms. The van der Waals surface area contributed by atoms with E-state index in [2.05, 4.69) is 32.3 Å². The van der Waals surface area contributed by atoms with Crippen LogP contribution >= 0.6 is 0 Å². The zero-order valence-electron chi connectivity index (χ0n) is 11.3. The van der Waals surface area contributed by atoms with E-state index in [-0.39, 0.29) is 5.54 Å². The zero-order valence-corrected chi connectivity index (χ0v) is 11.3. The van der Waals surface area contributed by atoms with Gasteiger partial charge in [-0.25, -0.2) is 4.79 Å². The first kappa shape index (κ1) is 15.1. The first-order chi connectivity index (χ1) is 7.35. The molecule has 0 bridgehead atoms. The lowest BCUT2D eigenvalue weighted by Crippen LogP contribution is -2.29. The van der Waals surface area contributed by atoms with Crippen molar-refractivity contribution in [2.75, 3.05) is 0 Å². The highest BCUT2D eigenvalue weighted by molar-refractivity contribution is 5.34.